The average Bonchev–Trinajstić information content (AvgIpc) is 3.30. The summed E-state index contributed by atoms with van der Waals surface area (Å²) in [7, 11) is 0. The van der Waals surface area contributed by atoms with Gasteiger partial charge in [-0.15, -0.1) is 10.2 Å². The minimum absolute atomic E-state index is 0.0107. The molecular weight excluding hydrogens is 457 g/mol. The smallest absolute Gasteiger partial charge is 0.270 e. The predicted octanol–water partition coefficient (Wildman–Crippen LogP) is 4.40. The molecule has 36 heavy (non-hydrogen) atoms. The van der Waals surface area contributed by atoms with E-state index in [0.717, 1.165) is 16.6 Å². The zero-order valence-corrected chi connectivity index (χ0v) is 19.5. The standard InChI is InChI=1S/C27H22FN7O/c1-16-5-4-7-22(30-16)26-34-33-25(35(26)24-8-3-2-6-20(24)28)18-13-19(14-18)31-27(36)23-10-9-17-15-29-12-11-21(17)32-23/h2-12,15,18-19H,13-14H2,1H3,(H,31,36)/t18-,19-. The van der Waals surface area contributed by atoms with Crippen LogP contribution in [-0.2, 0) is 0 Å². The van der Waals surface area contributed by atoms with Crippen LogP contribution in [0.2, 0.25) is 0 Å². The number of aryl methyl sites for hydroxylation is 1. The van der Waals surface area contributed by atoms with Gasteiger partial charge in [0.05, 0.1) is 11.2 Å². The number of halogens is 1. The molecule has 0 spiro atoms. The van der Waals surface area contributed by atoms with Crippen LogP contribution in [0, 0.1) is 12.7 Å². The third-order valence-corrected chi connectivity index (χ3v) is 6.46. The number of nitrogens with zero attached hydrogens (tertiary/aromatic N) is 6. The zero-order valence-electron chi connectivity index (χ0n) is 19.5. The Morgan fingerprint density at radius 1 is 1.00 bits per heavy atom. The minimum atomic E-state index is -0.366. The Labute approximate surface area is 206 Å². The van der Waals surface area contributed by atoms with Crippen molar-refractivity contribution >= 4 is 16.8 Å². The van der Waals surface area contributed by atoms with Crippen molar-refractivity contribution in [3.63, 3.8) is 0 Å². The van der Waals surface area contributed by atoms with Gasteiger partial charge in [0.25, 0.3) is 5.91 Å². The fourth-order valence-corrected chi connectivity index (χ4v) is 4.56. The largest absolute Gasteiger partial charge is 0.348 e. The lowest BCUT2D eigenvalue weighted by Crippen LogP contribution is -2.44. The molecule has 4 heterocycles. The van der Waals surface area contributed by atoms with Crippen molar-refractivity contribution < 1.29 is 9.18 Å². The molecule has 1 amide bonds. The summed E-state index contributed by atoms with van der Waals surface area (Å²) < 4.78 is 16.6. The Morgan fingerprint density at radius 2 is 1.86 bits per heavy atom. The van der Waals surface area contributed by atoms with Crippen LogP contribution in [0.3, 0.4) is 0 Å². The topological polar surface area (TPSA) is 98.5 Å². The maximum atomic E-state index is 14.9. The highest BCUT2D eigenvalue weighted by molar-refractivity contribution is 5.95. The fraction of sp³-hybridized carbons (Fsp3) is 0.185. The second kappa shape index (κ2) is 8.92. The van der Waals surface area contributed by atoms with E-state index in [-0.39, 0.29) is 23.7 Å². The molecule has 0 atom stereocenters. The van der Waals surface area contributed by atoms with Crippen molar-refractivity contribution in [2.75, 3.05) is 0 Å². The van der Waals surface area contributed by atoms with Gasteiger partial charge in [-0.3, -0.25) is 14.3 Å². The van der Waals surface area contributed by atoms with Gasteiger partial charge in [0.15, 0.2) is 5.82 Å². The molecule has 5 aromatic rings. The second-order valence-electron chi connectivity index (χ2n) is 8.94. The summed E-state index contributed by atoms with van der Waals surface area (Å²) in [6, 6.07) is 17.5. The number of amides is 1. The lowest BCUT2D eigenvalue weighted by molar-refractivity contribution is 0.0902. The van der Waals surface area contributed by atoms with Gasteiger partial charge in [-0.2, -0.15) is 0 Å². The first kappa shape index (κ1) is 22.0. The zero-order chi connectivity index (χ0) is 24.6. The number of benzene rings is 1. The van der Waals surface area contributed by atoms with E-state index in [2.05, 4.69) is 30.5 Å². The van der Waals surface area contributed by atoms with Crippen LogP contribution in [0.15, 0.2) is 73.1 Å². The van der Waals surface area contributed by atoms with E-state index in [1.165, 1.54) is 6.07 Å². The maximum Gasteiger partial charge on any atom is 0.270 e. The van der Waals surface area contributed by atoms with Crippen molar-refractivity contribution in [3.8, 4) is 17.2 Å². The summed E-state index contributed by atoms with van der Waals surface area (Å²) in [6.07, 6.45) is 4.70. The first-order valence-corrected chi connectivity index (χ1v) is 11.7. The first-order valence-electron chi connectivity index (χ1n) is 11.7. The molecule has 0 aliphatic heterocycles. The summed E-state index contributed by atoms with van der Waals surface area (Å²) in [5, 5.41) is 12.8. The number of carbonyl (C=O) groups is 1. The van der Waals surface area contributed by atoms with Gasteiger partial charge >= 0.3 is 0 Å². The fourth-order valence-electron chi connectivity index (χ4n) is 4.56. The molecule has 1 aromatic carbocycles. The molecule has 8 nitrogen and oxygen atoms in total. The molecule has 0 bridgehead atoms. The number of fused-ring (bicyclic) bond motifs is 1. The molecule has 0 unspecified atom stereocenters. The molecule has 0 radical (unpaired) electrons. The lowest BCUT2D eigenvalue weighted by atomic mass is 9.79. The van der Waals surface area contributed by atoms with Gasteiger partial charge in [0, 0.05) is 35.4 Å². The van der Waals surface area contributed by atoms with E-state index >= 15 is 0 Å². The van der Waals surface area contributed by atoms with Crippen molar-refractivity contribution in [1.82, 2.24) is 35.0 Å². The van der Waals surface area contributed by atoms with Gasteiger partial charge in [-0.1, -0.05) is 18.2 Å². The highest BCUT2D eigenvalue weighted by Crippen LogP contribution is 2.39. The lowest BCUT2D eigenvalue weighted by Gasteiger charge is -2.35. The van der Waals surface area contributed by atoms with Crippen LogP contribution in [0.25, 0.3) is 28.1 Å². The third-order valence-electron chi connectivity index (χ3n) is 6.46. The molecule has 1 N–H and O–H groups in total. The van der Waals surface area contributed by atoms with Crippen LogP contribution < -0.4 is 5.32 Å². The number of hydrogen-bond donors (Lipinski definition) is 1. The molecule has 1 saturated carbocycles. The van der Waals surface area contributed by atoms with Crippen LogP contribution in [-0.4, -0.2) is 41.7 Å². The monoisotopic (exact) mass is 479 g/mol. The van der Waals surface area contributed by atoms with E-state index in [4.69, 9.17) is 0 Å². The first-order chi connectivity index (χ1) is 17.6. The van der Waals surface area contributed by atoms with Crippen LogP contribution >= 0.6 is 0 Å². The van der Waals surface area contributed by atoms with Crippen LogP contribution in [0.5, 0.6) is 0 Å². The summed E-state index contributed by atoms with van der Waals surface area (Å²) in [5.74, 6) is 0.560. The number of aromatic nitrogens is 6. The summed E-state index contributed by atoms with van der Waals surface area (Å²) in [6.45, 7) is 1.90. The van der Waals surface area contributed by atoms with E-state index < -0.39 is 0 Å². The summed E-state index contributed by atoms with van der Waals surface area (Å²) >= 11 is 0. The third kappa shape index (κ3) is 3.98. The van der Waals surface area contributed by atoms with Crippen molar-refractivity contribution in [1.29, 1.82) is 0 Å². The molecule has 6 rings (SSSR count). The minimum Gasteiger partial charge on any atom is -0.348 e. The molecule has 1 fully saturated rings. The quantitative estimate of drug-likeness (QED) is 0.401. The van der Waals surface area contributed by atoms with Gasteiger partial charge < -0.3 is 5.32 Å². The Hall–Kier alpha value is -4.53. The molecule has 1 aliphatic rings. The van der Waals surface area contributed by atoms with E-state index in [1.807, 2.05) is 31.2 Å². The maximum absolute atomic E-state index is 14.9. The van der Waals surface area contributed by atoms with Crippen molar-refractivity contribution in [3.05, 3.63) is 96.1 Å². The number of rotatable bonds is 5. The predicted molar refractivity (Wildman–Crippen MR) is 132 cm³/mol. The molecule has 178 valence electrons. The number of carbonyl (C=O) groups excluding carboxylic acids is 1. The van der Waals surface area contributed by atoms with E-state index in [0.29, 0.717) is 41.6 Å². The van der Waals surface area contributed by atoms with Gasteiger partial charge in [0.2, 0.25) is 0 Å². The van der Waals surface area contributed by atoms with E-state index in [9.17, 15) is 9.18 Å². The Balaban J connectivity index is 1.25. The Morgan fingerprint density at radius 3 is 2.69 bits per heavy atom. The Kier molecular flexibility index (Phi) is 5.44. The Bertz CT molecular complexity index is 1590. The van der Waals surface area contributed by atoms with Gasteiger partial charge in [-0.25, -0.2) is 14.4 Å². The number of hydrogen-bond acceptors (Lipinski definition) is 6. The molecular formula is C27H22FN7O. The molecule has 1 aliphatic carbocycles. The molecule has 9 heteroatoms. The van der Waals surface area contributed by atoms with E-state index in [1.54, 1.807) is 47.3 Å². The second-order valence-corrected chi connectivity index (χ2v) is 8.94. The SMILES string of the molecule is Cc1cccc(-c2nnc([C@H]3C[C@H](NC(=O)c4ccc5cnccc5n4)C3)n2-c2ccccc2F)n1. The number of para-hydroxylation sites is 1. The highest BCUT2D eigenvalue weighted by atomic mass is 19.1. The number of pyridine rings is 3. The van der Waals surface area contributed by atoms with Crippen molar-refractivity contribution in [2.24, 2.45) is 0 Å². The van der Waals surface area contributed by atoms with Gasteiger partial charge in [-0.05, 0) is 62.2 Å². The molecule has 0 saturated heterocycles. The normalized spacial score (nSPS) is 17.1. The highest BCUT2D eigenvalue weighted by Gasteiger charge is 2.36. The van der Waals surface area contributed by atoms with Crippen LogP contribution in [0.1, 0.15) is 40.8 Å². The van der Waals surface area contributed by atoms with Crippen LogP contribution in [0.4, 0.5) is 4.39 Å². The molecule has 4 aromatic heterocycles. The number of nitrogens with one attached hydrogen (secondary N) is 1. The average molecular weight is 480 g/mol. The van der Waals surface area contributed by atoms with Gasteiger partial charge in [0.1, 0.15) is 23.0 Å². The summed E-state index contributed by atoms with van der Waals surface area (Å²) in [5.41, 5.74) is 2.91. The van der Waals surface area contributed by atoms with Crippen molar-refractivity contribution in [2.45, 2.75) is 31.7 Å². The summed E-state index contributed by atoms with van der Waals surface area (Å²) in [4.78, 5) is 25.9.